The van der Waals surface area contributed by atoms with Gasteiger partial charge in [0.15, 0.2) is 5.82 Å². The van der Waals surface area contributed by atoms with E-state index in [2.05, 4.69) is 15.1 Å². The molecule has 2 N–H and O–H groups in total. The number of anilines is 1. The summed E-state index contributed by atoms with van der Waals surface area (Å²) in [5, 5.41) is 3.94. The molecule has 0 radical (unpaired) electrons. The summed E-state index contributed by atoms with van der Waals surface area (Å²) < 4.78 is 5.18. The molecule has 0 saturated heterocycles. The second kappa shape index (κ2) is 3.59. The van der Waals surface area contributed by atoms with Crippen LogP contribution in [0.3, 0.4) is 0 Å². The number of nitrogen functional groups attached to an aromatic ring is 1. The Hall–Kier alpha value is -1.91. The molecule has 2 heterocycles. The van der Waals surface area contributed by atoms with Gasteiger partial charge in [0.1, 0.15) is 5.82 Å². The van der Waals surface area contributed by atoms with Gasteiger partial charge < -0.3 is 10.3 Å². The lowest BCUT2D eigenvalue weighted by molar-refractivity contribution is 0.402. The van der Waals surface area contributed by atoms with Gasteiger partial charge in [0, 0.05) is 11.6 Å². The summed E-state index contributed by atoms with van der Waals surface area (Å²) in [7, 11) is 0. The van der Waals surface area contributed by atoms with Crippen molar-refractivity contribution in [3.63, 3.8) is 0 Å². The van der Waals surface area contributed by atoms with Crippen molar-refractivity contribution in [1.82, 2.24) is 15.1 Å². The van der Waals surface area contributed by atoms with Gasteiger partial charge in [0.2, 0.25) is 0 Å². The zero-order valence-electron chi connectivity index (χ0n) is 9.56. The smallest absolute Gasteiger partial charge is 0.259 e. The molecule has 2 aromatic heterocycles. The van der Waals surface area contributed by atoms with Crippen LogP contribution in [-0.4, -0.2) is 15.1 Å². The van der Waals surface area contributed by atoms with Crippen molar-refractivity contribution in [2.45, 2.75) is 26.2 Å². The number of nitrogens with two attached hydrogens (primary N) is 1. The van der Waals surface area contributed by atoms with Crippen molar-refractivity contribution in [3.8, 4) is 11.5 Å². The summed E-state index contributed by atoms with van der Waals surface area (Å²) in [6.07, 6.45) is 1.62. The predicted molar refractivity (Wildman–Crippen MR) is 60.6 cm³/mol. The van der Waals surface area contributed by atoms with Gasteiger partial charge in [0.25, 0.3) is 5.89 Å². The number of hydrogen-bond acceptors (Lipinski definition) is 5. The number of hydrogen-bond donors (Lipinski definition) is 1. The van der Waals surface area contributed by atoms with E-state index in [1.807, 2.05) is 26.8 Å². The Kier molecular flexibility index (Phi) is 2.38. The van der Waals surface area contributed by atoms with Gasteiger partial charge >= 0.3 is 0 Å². The number of nitrogens with zero attached hydrogens (tertiary/aromatic N) is 3. The summed E-state index contributed by atoms with van der Waals surface area (Å²) in [5.41, 5.74) is 6.15. The Bertz CT molecular complexity index is 481. The van der Waals surface area contributed by atoms with Crippen LogP contribution in [0.15, 0.2) is 22.9 Å². The summed E-state index contributed by atoms with van der Waals surface area (Å²) in [4.78, 5) is 8.30. The molecule has 0 aliphatic heterocycles. The Morgan fingerprint density at radius 1 is 1.25 bits per heavy atom. The van der Waals surface area contributed by atoms with Crippen LogP contribution in [0, 0.1) is 0 Å². The molecule has 84 valence electrons. The second-order valence-corrected chi connectivity index (χ2v) is 4.64. The molecule has 0 aliphatic rings. The largest absolute Gasteiger partial charge is 0.384 e. The molecule has 0 aliphatic carbocycles. The summed E-state index contributed by atoms with van der Waals surface area (Å²) >= 11 is 0. The summed E-state index contributed by atoms with van der Waals surface area (Å²) in [6, 6.07) is 3.51. The number of pyridine rings is 1. The summed E-state index contributed by atoms with van der Waals surface area (Å²) in [5.74, 6) is 1.62. The average molecular weight is 218 g/mol. The van der Waals surface area contributed by atoms with E-state index in [1.165, 1.54) is 0 Å². The Morgan fingerprint density at radius 3 is 2.50 bits per heavy atom. The fourth-order valence-corrected chi connectivity index (χ4v) is 1.18. The Labute approximate surface area is 93.7 Å². The fraction of sp³-hybridized carbons (Fsp3) is 0.364. The van der Waals surface area contributed by atoms with Crippen molar-refractivity contribution in [2.75, 3.05) is 5.73 Å². The molecule has 0 atom stereocenters. The normalized spacial score (nSPS) is 11.7. The molecule has 5 nitrogen and oxygen atoms in total. The maximum Gasteiger partial charge on any atom is 0.259 e. The first-order valence-corrected chi connectivity index (χ1v) is 5.03. The van der Waals surface area contributed by atoms with E-state index in [0.29, 0.717) is 17.5 Å². The molecule has 0 fully saturated rings. The van der Waals surface area contributed by atoms with Crippen LogP contribution in [-0.2, 0) is 5.41 Å². The van der Waals surface area contributed by atoms with E-state index < -0.39 is 0 Å². The molecular weight excluding hydrogens is 204 g/mol. The molecule has 0 aromatic carbocycles. The minimum Gasteiger partial charge on any atom is -0.384 e. The zero-order chi connectivity index (χ0) is 11.8. The molecule has 16 heavy (non-hydrogen) atoms. The SMILES string of the molecule is CC(C)(C)c1noc(-c2ccc(N)nc2)n1. The first-order chi connectivity index (χ1) is 7.47. The van der Waals surface area contributed by atoms with Crippen molar-refractivity contribution in [3.05, 3.63) is 24.2 Å². The van der Waals surface area contributed by atoms with Crippen molar-refractivity contribution in [1.29, 1.82) is 0 Å². The van der Waals surface area contributed by atoms with Crippen LogP contribution < -0.4 is 5.73 Å². The van der Waals surface area contributed by atoms with Crippen LogP contribution in [0.2, 0.25) is 0 Å². The maximum atomic E-state index is 5.50. The number of aromatic nitrogens is 3. The zero-order valence-corrected chi connectivity index (χ0v) is 9.56. The van der Waals surface area contributed by atoms with Crippen LogP contribution in [0.4, 0.5) is 5.82 Å². The molecule has 2 rings (SSSR count). The topological polar surface area (TPSA) is 77.8 Å². The Balaban J connectivity index is 2.35. The minimum absolute atomic E-state index is 0.122. The highest BCUT2D eigenvalue weighted by Crippen LogP contribution is 2.23. The van der Waals surface area contributed by atoms with E-state index in [0.717, 1.165) is 5.56 Å². The average Bonchev–Trinajstić information content (AvgIpc) is 2.67. The summed E-state index contributed by atoms with van der Waals surface area (Å²) in [6.45, 7) is 6.09. The monoisotopic (exact) mass is 218 g/mol. The molecule has 0 amide bonds. The van der Waals surface area contributed by atoms with Crippen molar-refractivity contribution in [2.24, 2.45) is 0 Å². The third-order valence-corrected chi connectivity index (χ3v) is 2.13. The van der Waals surface area contributed by atoms with Gasteiger partial charge in [-0.1, -0.05) is 25.9 Å². The quantitative estimate of drug-likeness (QED) is 0.792. The Morgan fingerprint density at radius 2 is 2.00 bits per heavy atom. The molecule has 2 aromatic rings. The molecule has 0 spiro atoms. The van der Waals surface area contributed by atoms with Gasteiger partial charge in [-0.05, 0) is 12.1 Å². The van der Waals surface area contributed by atoms with Gasteiger partial charge in [-0.3, -0.25) is 0 Å². The molecule has 0 saturated carbocycles. The molecule has 0 bridgehead atoms. The van der Waals surface area contributed by atoms with E-state index in [-0.39, 0.29) is 5.41 Å². The van der Waals surface area contributed by atoms with E-state index in [1.54, 1.807) is 12.3 Å². The molecule has 0 unspecified atom stereocenters. The first kappa shape index (κ1) is 10.6. The van der Waals surface area contributed by atoms with Crippen LogP contribution in [0.25, 0.3) is 11.5 Å². The van der Waals surface area contributed by atoms with Crippen LogP contribution >= 0.6 is 0 Å². The first-order valence-electron chi connectivity index (χ1n) is 5.03. The van der Waals surface area contributed by atoms with Crippen LogP contribution in [0.5, 0.6) is 0 Å². The highest BCUT2D eigenvalue weighted by Gasteiger charge is 2.21. The molecule has 5 heteroatoms. The third kappa shape index (κ3) is 2.03. The lowest BCUT2D eigenvalue weighted by Crippen LogP contribution is -2.13. The van der Waals surface area contributed by atoms with E-state index in [9.17, 15) is 0 Å². The predicted octanol–water partition coefficient (Wildman–Crippen LogP) is 2.01. The fourth-order valence-electron chi connectivity index (χ4n) is 1.18. The van der Waals surface area contributed by atoms with Gasteiger partial charge in [-0.2, -0.15) is 4.98 Å². The second-order valence-electron chi connectivity index (χ2n) is 4.64. The highest BCUT2D eigenvalue weighted by molar-refractivity contribution is 5.53. The van der Waals surface area contributed by atoms with Gasteiger partial charge in [-0.25, -0.2) is 4.98 Å². The van der Waals surface area contributed by atoms with Gasteiger partial charge in [0.05, 0.1) is 5.56 Å². The standard InChI is InChI=1S/C11H14N4O/c1-11(2,3)10-14-9(16-15-10)7-4-5-8(12)13-6-7/h4-6H,1-3H3,(H2,12,13). The van der Waals surface area contributed by atoms with Gasteiger partial charge in [-0.15, -0.1) is 0 Å². The van der Waals surface area contributed by atoms with E-state index >= 15 is 0 Å². The third-order valence-electron chi connectivity index (χ3n) is 2.13. The van der Waals surface area contributed by atoms with Crippen molar-refractivity contribution < 1.29 is 4.52 Å². The van der Waals surface area contributed by atoms with E-state index in [4.69, 9.17) is 10.3 Å². The minimum atomic E-state index is -0.122. The lowest BCUT2D eigenvalue weighted by atomic mass is 9.96. The maximum absolute atomic E-state index is 5.50. The van der Waals surface area contributed by atoms with Crippen molar-refractivity contribution >= 4 is 5.82 Å². The van der Waals surface area contributed by atoms with Crippen LogP contribution in [0.1, 0.15) is 26.6 Å². The highest BCUT2D eigenvalue weighted by atomic mass is 16.5. The number of rotatable bonds is 1. The molecular formula is C11H14N4O. The lowest BCUT2D eigenvalue weighted by Gasteiger charge is -2.10.